The molecule has 0 bridgehead atoms. The highest BCUT2D eigenvalue weighted by molar-refractivity contribution is 5.37. The van der Waals surface area contributed by atoms with Crippen LogP contribution in [0.5, 0.6) is 0 Å². The average molecular weight is 107 g/mol. The lowest BCUT2D eigenvalue weighted by molar-refractivity contribution is 1.27. The molecule has 0 spiro atoms. The minimum Gasteiger partial charge on any atom is -0.401 e. The Labute approximate surface area is 47.6 Å². The summed E-state index contributed by atoms with van der Waals surface area (Å²) < 4.78 is 0. The highest BCUT2D eigenvalue weighted by Crippen LogP contribution is 1.91. The Bertz CT molecular complexity index is 169. The fourth-order valence-electron chi connectivity index (χ4n) is 0.201. The first-order valence-electron chi connectivity index (χ1n) is 1.99. The van der Waals surface area contributed by atoms with Gasteiger partial charge in [-0.3, -0.25) is 0 Å². The van der Waals surface area contributed by atoms with Gasteiger partial charge in [-0.05, 0) is 6.92 Å². The van der Waals surface area contributed by atoms with Crippen molar-refractivity contribution in [2.45, 2.75) is 6.92 Å². The highest BCUT2D eigenvalue weighted by Gasteiger charge is 1.91. The van der Waals surface area contributed by atoms with Crippen LogP contribution in [0.3, 0.4) is 0 Å². The third kappa shape index (κ3) is 1.32. The van der Waals surface area contributed by atoms with Gasteiger partial charge in [-0.25, -0.2) is 0 Å². The van der Waals surface area contributed by atoms with Crippen molar-refractivity contribution >= 4 is 0 Å². The average Bonchev–Trinajstić information content (AvgIpc) is 1.69. The maximum absolute atomic E-state index is 8.09. The molecule has 0 aromatic rings. The Morgan fingerprint density at radius 2 is 1.75 bits per heavy atom. The van der Waals surface area contributed by atoms with Gasteiger partial charge in [0.15, 0.2) is 0 Å². The number of nitrogens with two attached hydrogens (primary N) is 1. The van der Waals surface area contributed by atoms with Crippen LogP contribution >= 0.6 is 0 Å². The number of allylic oxidation sites excluding steroid dienone is 2. The van der Waals surface area contributed by atoms with Crippen LogP contribution in [-0.4, -0.2) is 0 Å². The molecule has 8 heavy (non-hydrogen) atoms. The fraction of sp³-hybridized carbons (Fsp3) is 0.200. The summed E-state index contributed by atoms with van der Waals surface area (Å²) in [6.07, 6.45) is 0. The molecule has 0 aromatic carbocycles. The third-order valence-corrected chi connectivity index (χ3v) is 0.618. The van der Waals surface area contributed by atoms with Gasteiger partial charge in [0.05, 0.1) is 0 Å². The van der Waals surface area contributed by atoms with Gasteiger partial charge in [-0.15, -0.1) is 0 Å². The van der Waals surface area contributed by atoms with Crippen molar-refractivity contribution in [3.05, 3.63) is 11.3 Å². The first-order valence-corrected chi connectivity index (χ1v) is 1.99. The van der Waals surface area contributed by atoms with Crippen LogP contribution in [0.25, 0.3) is 0 Å². The number of rotatable bonds is 0. The molecule has 0 aromatic heterocycles. The second-order valence-corrected chi connectivity index (χ2v) is 1.28. The standard InChI is InChI=1S/C5H5N3/c1-4(8)5(2-6)3-7/h8H2,1H3. The third-order valence-electron chi connectivity index (χ3n) is 0.618. The predicted molar refractivity (Wildman–Crippen MR) is 28.1 cm³/mol. The first kappa shape index (κ1) is 6.52. The summed E-state index contributed by atoms with van der Waals surface area (Å²) in [6, 6.07) is 3.29. The van der Waals surface area contributed by atoms with Gasteiger partial charge >= 0.3 is 0 Å². The van der Waals surface area contributed by atoms with Crippen molar-refractivity contribution in [1.82, 2.24) is 0 Å². The second kappa shape index (κ2) is 2.65. The van der Waals surface area contributed by atoms with E-state index in [0.29, 0.717) is 0 Å². The molecule has 3 heteroatoms. The summed E-state index contributed by atoms with van der Waals surface area (Å²) in [5.41, 5.74) is 5.36. The van der Waals surface area contributed by atoms with Gasteiger partial charge in [-0.2, -0.15) is 10.5 Å². The van der Waals surface area contributed by atoms with E-state index in [9.17, 15) is 0 Å². The summed E-state index contributed by atoms with van der Waals surface area (Å²) in [7, 11) is 0. The molecule has 2 N–H and O–H groups in total. The molecule has 0 saturated heterocycles. The van der Waals surface area contributed by atoms with E-state index in [4.69, 9.17) is 16.3 Å². The van der Waals surface area contributed by atoms with Crippen LogP contribution in [-0.2, 0) is 0 Å². The van der Waals surface area contributed by atoms with Crippen molar-refractivity contribution in [3.8, 4) is 12.1 Å². The lowest BCUT2D eigenvalue weighted by Gasteiger charge is -1.83. The molecule has 0 aliphatic carbocycles. The van der Waals surface area contributed by atoms with E-state index >= 15 is 0 Å². The Hall–Kier alpha value is -1.48. The predicted octanol–water partition coefficient (Wildman–Crippen LogP) is 0.266. The van der Waals surface area contributed by atoms with Crippen molar-refractivity contribution in [3.63, 3.8) is 0 Å². The molecule has 0 saturated carbocycles. The van der Waals surface area contributed by atoms with E-state index in [0.717, 1.165) is 0 Å². The molecule has 0 heterocycles. The van der Waals surface area contributed by atoms with Gasteiger partial charge in [0.25, 0.3) is 0 Å². The number of nitriles is 2. The lowest BCUT2D eigenvalue weighted by Crippen LogP contribution is -1.94. The molecule has 0 amide bonds. The van der Waals surface area contributed by atoms with Crippen LogP contribution in [0, 0.1) is 22.7 Å². The normalized spacial score (nSPS) is 6.38. The minimum absolute atomic E-state index is 0.00926. The van der Waals surface area contributed by atoms with Crippen LogP contribution in [0.4, 0.5) is 0 Å². The van der Waals surface area contributed by atoms with Crippen molar-refractivity contribution < 1.29 is 0 Å². The van der Waals surface area contributed by atoms with E-state index in [1.165, 1.54) is 6.92 Å². The smallest absolute Gasteiger partial charge is 0.148 e. The largest absolute Gasteiger partial charge is 0.401 e. The summed E-state index contributed by atoms with van der Waals surface area (Å²) in [5.74, 6) is 0. The SMILES string of the molecule is CC(N)=C(C#N)C#N. The quantitative estimate of drug-likeness (QED) is 0.451. The molecule has 0 unspecified atom stereocenters. The monoisotopic (exact) mass is 107 g/mol. The molecular formula is C5H5N3. The van der Waals surface area contributed by atoms with Gasteiger partial charge in [0.1, 0.15) is 17.7 Å². The number of nitrogens with zero attached hydrogens (tertiary/aromatic N) is 2. The highest BCUT2D eigenvalue weighted by atomic mass is 14.6. The zero-order valence-corrected chi connectivity index (χ0v) is 4.47. The zero-order chi connectivity index (χ0) is 6.57. The maximum atomic E-state index is 8.09. The van der Waals surface area contributed by atoms with Gasteiger partial charge in [-0.1, -0.05) is 0 Å². The maximum Gasteiger partial charge on any atom is 0.148 e. The molecule has 0 radical (unpaired) electrons. The molecule has 0 rings (SSSR count). The first-order chi connectivity index (χ1) is 3.72. The Balaban J connectivity index is 4.47. The van der Waals surface area contributed by atoms with E-state index in [1.54, 1.807) is 12.1 Å². The summed E-state index contributed by atoms with van der Waals surface area (Å²) in [5, 5.41) is 16.2. The van der Waals surface area contributed by atoms with Crippen LogP contribution in [0.2, 0.25) is 0 Å². The topological polar surface area (TPSA) is 73.6 Å². The molecule has 0 fully saturated rings. The molecule has 0 atom stereocenters. The van der Waals surface area contributed by atoms with Gasteiger partial charge in [0.2, 0.25) is 0 Å². The second-order valence-electron chi connectivity index (χ2n) is 1.28. The number of hydrogen-bond acceptors (Lipinski definition) is 3. The summed E-state index contributed by atoms with van der Waals surface area (Å²) in [4.78, 5) is 0. The molecule has 40 valence electrons. The molecule has 0 aliphatic heterocycles. The van der Waals surface area contributed by atoms with Crippen molar-refractivity contribution in [2.75, 3.05) is 0 Å². The molecule has 3 nitrogen and oxygen atoms in total. The number of hydrogen-bond donors (Lipinski definition) is 1. The minimum atomic E-state index is -0.00926. The fourth-order valence-corrected chi connectivity index (χ4v) is 0.201. The van der Waals surface area contributed by atoms with Crippen LogP contribution in [0.15, 0.2) is 11.3 Å². The molecular weight excluding hydrogens is 102 g/mol. The van der Waals surface area contributed by atoms with E-state index in [2.05, 4.69) is 0 Å². The van der Waals surface area contributed by atoms with E-state index < -0.39 is 0 Å². The van der Waals surface area contributed by atoms with E-state index in [-0.39, 0.29) is 11.3 Å². The van der Waals surface area contributed by atoms with Crippen LogP contribution < -0.4 is 5.73 Å². The Morgan fingerprint density at radius 3 is 1.75 bits per heavy atom. The van der Waals surface area contributed by atoms with Gasteiger partial charge in [0, 0.05) is 5.70 Å². The summed E-state index contributed by atoms with van der Waals surface area (Å²) >= 11 is 0. The Morgan fingerprint density at radius 1 is 1.38 bits per heavy atom. The van der Waals surface area contributed by atoms with Gasteiger partial charge < -0.3 is 5.73 Å². The lowest BCUT2D eigenvalue weighted by atomic mass is 10.3. The van der Waals surface area contributed by atoms with E-state index in [1.807, 2.05) is 0 Å². The molecule has 0 aliphatic rings. The Kier molecular flexibility index (Phi) is 2.16. The zero-order valence-electron chi connectivity index (χ0n) is 4.47. The summed E-state index contributed by atoms with van der Waals surface area (Å²) in [6.45, 7) is 1.52. The van der Waals surface area contributed by atoms with Crippen molar-refractivity contribution in [2.24, 2.45) is 5.73 Å². The van der Waals surface area contributed by atoms with Crippen LogP contribution in [0.1, 0.15) is 6.92 Å². The van der Waals surface area contributed by atoms with Crippen molar-refractivity contribution in [1.29, 1.82) is 10.5 Å².